The molecule has 0 saturated heterocycles. The second kappa shape index (κ2) is 7.37. The number of rotatable bonds is 5. The second-order valence-corrected chi connectivity index (χ2v) is 6.52. The van der Waals surface area contributed by atoms with E-state index in [1.54, 1.807) is 33.9 Å². The second-order valence-electron chi connectivity index (χ2n) is 5.26. The van der Waals surface area contributed by atoms with Gasteiger partial charge in [0, 0.05) is 12.7 Å². The molecule has 0 fully saturated rings. The van der Waals surface area contributed by atoms with Crippen molar-refractivity contribution in [2.24, 2.45) is 0 Å². The highest BCUT2D eigenvalue weighted by molar-refractivity contribution is 9.10. The van der Waals surface area contributed by atoms with Gasteiger partial charge in [-0.15, -0.1) is 0 Å². The van der Waals surface area contributed by atoms with Crippen LogP contribution in [0.4, 0.5) is 10.2 Å². The van der Waals surface area contributed by atoms with E-state index in [-0.39, 0.29) is 17.5 Å². The predicted molar refractivity (Wildman–Crippen MR) is 96.3 cm³/mol. The van der Waals surface area contributed by atoms with Gasteiger partial charge in [-0.25, -0.2) is 4.39 Å². The first-order valence-electron chi connectivity index (χ1n) is 7.48. The summed E-state index contributed by atoms with van der Waals surface area (Å²) in [7, 11) is 0. The van der Waals surface area contributed by atoms with Crippen LogP contribution in [0.1, 0.15) is 23.0 Å². The zero-order valence-corrected chi connectivity index (χ0v) is 15.6. The molecule has 0 saturated carbocycles. The Kier molecular flexibility index (Phi) is 5.19. The summed E-state index contributed by atoms with van der Waals surface area (Å²) in [5.74, 6) is -0.405. The van der Waals surface area contributed by atoms with Crippen molar-refractivity contribution in [3.63, 3.8) is 0 Å². The monoisotopic (exact) mass is 425 g/mol. The van der Waals surface area contributed by atoms with Crippen LogP contribution in [0.15, 0.2) is 41.1 Å². The summed E-state index contributed by atoms with van der Waals surface area (Å²) in [6, 6.07) is 6.10. The molecule has 2 aromatic heterocycles. The van der Waals surface area contributed by atoms with Crippen LogP contribution < -0.4 is 5.32 Å². The topological polar surface area (TPSA) is 64.7 Å². The van der Waals surface area contributed by atoms with Crippen LogP contribution in [0.2, 0.25) is 5.02 Å². The van der Waals surface area contributed by atoms with Gasteiger partial charge in [-0.2, -0.15) is 10.2 Å². The Morgan fingerprint density at radius 2 is 2.08 bits per heavy atom. The molecule has 0 atom stereocenters. The van der Waals surface area contributed by atoms with Crippen LogP contribution in [0.3, 0.4) is 0 Å². The minimum absolute atomic E-state index is 0.254. The van der Waals surface area contributed by atoms with Crippen molar-refractivity contribution in [3.8, 4) is 0 Å². The minimum Gasteiger partial charge on any atom is -0.302 e. The molecule has 130 valence electrons. The van der Waals surface area contributed by atoms with Gasteiger partial charge in [0.2, 0.25) is 0 Å². The summed E-state index contributed by atoms with van der Waals surface area (Å²) < 4.78 is 16.7. The van der Waals surface area contributed by atoms with E-state index in [1.165, 1.54) is 12.1 Å². The number of nitrogens with one attached hydrogen (secondary N) is 1. The zero-order valence-electron chi connectivity index (χ0n) is 13.2. The van der Waals surface area contributed by atoms with E-state index in [9.17, 15) is 9.18 Å². The van der Waals surface area contributed by atoms with E-state index in [1.807, 2.05) is 6.92 Å². The number of nitrogens with zero attached hydrogens (tertiary/aromatic N) is 4. The number of halogens is 3. The Morgan fingerprint density at radius 1 is 1.36 bits per heavy atom. The first kappa shape index (κ1) is 17.6. The van der Waals surface area contributed by atoms with Crippen LogP contribution in [0.25, 0.3) is 0 Å². The van der Waals surface area contributed by atoms with Crippen LogP contribution >= 0.6 is 27.5 Å². The molecule has 0 aliphatic rings. The SMILES string of the molecule is CCn1ncc(Br)c1C(=O)Nc1nn(Cc2ccc(F)cc2)cc1Cl. The molecule has 9 heteroatoms. The van der Waals surface area contributed by atoms with Gasteiger partial charge < -0.3 is 5.32 Å². The van der Waals surface area contributed by atoms with Crippen molar-refractivity contribution < 1.29 is 9.18 Å². The van der Waals surface area contributed by atoms with Gasteiger partial charge in [0.25, 0.3) is 5.91 Å². The van der Waals surface area contributed by atoms with E-state index in [2.05, 4.69) is 31.4 Å². The van der Waals surface area contributed by atoms with Crippen LogP contribution in [-0.2, 0) is 13.1 Å². The maximum Gasteiger partial charge on any atom is 0.276 e. The van der Waals surface area contributed by atoms with Crippen LogP contribution in [-0.4, -0.2) is 25.5 Å². The summed E-state index contributed by atoms with van der Waals surface area (Å²) in [5, 5.41) is 11.4. The number of amides is 1. The average Bonchev–Trinajstić information content (AvgIpc) is 3.12. The summed E-state index contributed by atoms with van der Waals surface area (Å²) in [6.07, 6.45) is 3.17. The first-order valence-corrected chi connectivity index (χ1v) is 8.65. The highest BCUT2D eigenvalue weighted by atomic mass is 79.9. The third kappa shape index (κ3) is 3.91. The van der Waals surface area contributed by atoms with Gasteiger partial charge in [-0.3, -0.25) is 14.2 Å². The van der Waals surface area contributed by atoms with Gasteiger partial charge in [0.1, 0.15) is 16.5 Å². The van der Waals surface area contributed by atoms with Crippen LogP contribution in [0.5, 0.6) is 0 Å². The van der Waals surface area contributed by atoms with E-state index >= 15 is 0 Å². The number of aromatic nitrogens is 4. The largest absolute Gasteiger partial charge is 0.302 e. The van der Waals surface area contributed by atoms with Crippen molar-refractivity contribution in [1.82, 2.24) is 19.6 Å². The molecule has 25 heavy (non-hydrogen) atoms. The molecular formula is C16H14BrClFN5O. The molecule has 0 aliphatic carbocycles. The number of carbonyl (C=O) groups excluding carboxylic acids is 1. The third-order valence-electron chi connectivity index (χ3n) is 3.52. The molecule has 0 spiro atoms. The normalized spacial score (nSPS) is 10.9. The van der Waals surface area contributed by atoms with E-state index in [4.69, 9.17) is 11.6 Å². The summed E-state index contributed by atoms with van der Waals surface area (Å²) >= 11 is 9.48. The lowest BCUT2D eigenvalue weighted by Gasteiger charge is -2.06. The fourth-order valence-electron chi connectivity index (χ4n) is 2.33. The van der Waals surface area contributed by atoms with Crippen molar-refractivity contribution in [2.45, 2.75) is 20.0 Å². The quantitative estimate of drug-likeness (QED) is 0.672. The molecule has 3 rings (SSSR count). The summed E-state index contributed by atoms with van der Waals surface area (Å²) in [5.41, 5.74) is 1.26. The van der Waals surface area contributed by atoms with Crippen molar-refractivity contribution in [3.05, 3.63) is 63.2 Å². The first-order chi connectivity index (χ1) is 12.0. The lowest BCUT2D eigenvalue weighted by Crippen LogP contribution is -2.18. The van der Waals surface area contributed by atoms with Gasteiger partial charge in [-0.05, 0) is 40.5 Å². The Bertz CT molecular complexity index is 906. The standard InChI is InChI=1S/C16H14BrClFN5O/c1-2-24-14(12(17)7-20-24)16(25)21-15-13(18)9-23(22-15)8-10-3-5-11(19)6-4-10/h3-7,9H,2,8H2,1H3,(H,21,22,25). The Hall–Kier alpha value is -2.19. The molecule has 3 aromatic rings. The van der Waals surface area contributed by atoms with Gasteiger partial charge in [0.05, 0.1) is 17.2 Å². The Labute approximate surface area is 156 Å². The number of anilines is 1. The van der Waals surface area contributed by atoms with Crippen LogP contribution in [0, 0.1) is 5.82 Å². The maximum absolute atomic E-state index is 13.0. The number of aryl methyl sites for hydroxylation is 1. The lowest BCUT2D eigenvalue weighted by atomic mass is 10.2. The van der Waals surface area contributed by atoms with Gasteiger partial charge in [0.15, 0.2) is 5.82 Å². The molecule has 1 aromatic carbocycles. The highest BCUT2D eigenvalue weighted by Gasteiger charge is 2.19. The van der Waals surface area contributed by atoms with Gasteiger partial charge >= 0.3 is 0 Å². The van der Waals surface area contributed by atoms with Crippen molar-refractivity contribution >= 4 is 39.3 Å². The molecule has 6 nitrogen and oxygen atoms in total. The number of benzene rings is 1. The van der Waals surface area contributed by atoms with E-state index < -0.39 is 0 Å². The molecule has 0 aliphatic heterocycles. The van der Waals surface area contributed by atoms with E-state index in [0.717, 1.165) is 5.56 Å². The zero-order chi connectivity index (χ0) is 18.0. The number of hydrogen-bond acceptors (Lipinski definition) is 3. The molecule has 0 unspecified atom stereocenters. The number of hydrogen-bond donors (Lipinski definition) is 1. The average molecular weight is 427 g/mol. The number of carbonyl (C=O) groups is 1. The molecular weight excluding hydrogens is 413 g/mol. The summed E-state index contributed by atoms with van der Waals surface area (Å²) in [6.45, 7) is 2.86. The van der Waals surface area contributed by atoms with Gasteiger partial charge in [-0.1, -0.05) is 23.7 Å². The fraction of sp³-hybridized carbons (Fsp3) is 0.188. The van der Waals surface area contributed by atoms with Crippen molar-refractivity contribution in [1.29, 1.82) is 0 Å². The predicted octanol–water partition coefficient (Wildman–Crippen LogP) is 3.96. The molecule has 0 radical (unpaired) electrons. The molecule has 1 N–H and O–H groups in total. The lowest BCUT2D eigenvalue weighted by molar-refractivity contribution is 0.101. The Balaban J connectivity index is 1.77. The fourth-order valence-corrected chi connectivity index (χ4v) is 3.01. The Morgan fingerprint density at radius 3 is 2.76 bits per heavy atom. The van der Waals surface area contributed by atoms with Crippen molar-refractivity contribution in [2.75, 3.05) is 5.32 Å². The highest BCUT2D eigenvalue weighted by Crippen LogP contribution is 2.23. The summed E-state index contributed by atoms with van der Waals surface area (Å²) in [4.78, 5) is 12.5. The maximum atomic E-state index is 13.0. The minimum atomic E-state index is -0.361. The van der Waals surface area contributed by atoms with E-state index in [0.29, 0.717) is 28.3 Å². The molecule has 2 heterocycles. The smallest absolute Gasteiger partial charge is 0.276 e. The third-order valence-corrected chi connectivity index (χ3v) is 4.37. The molecule has 0 bridgehead atoms. The molecule has 1 amide bonds.